The van der Waals surface area contributed by atoms with Crippen molar-refractivity contribution >= 4 is 17.7 Å². The quantitative estimate of drug-likeness (QED) is 0.794. The van der Waals surface area contributed by atoms with Gasteiger partial charge in [-0.05, 0) is 38.5 Å². The number of hydrogen-bond donors (Lipinski definition) is 1. The van der Waals surface area contributed by atoms with E-state index in [4.69, 9.17) is 9.73 Å². The Morgan fingerprint density at radius 2 is 2.03 bits per heavy atom. The van der Waals surface area contributed by atoms with Crippen LogP contribution in [0.2, 0.25) is 0 Å². The van der Waals surface area contributed by atoms with E-state index in [1.807, 2.05) is 20.8 Å². The number of ether oxygens (including phenoxy) is 1. The van der Waals surface area contributed by atoms with Crippen LogP contribution in [0, 0.1) is 0 Å². The van der Waals surface area contributed by atoms with Crippen molar-refractivity contribution in [1.29, 1.82) is 0 Å². The molecule has 1 aromatic rings. The van der Waals surface area contributed by atoms with E-state index in [2.05, 4.69) is 51.5 Å². The molecule has 7 nitrogen and oxygen atoms in total. The van der Waals surface area contributed by atoms with E-state index in [0.29, 0.717) is 19.6 Å². The van der Waals surface area contributed by atoms with Gasteiger partial charge in [0.25, 0.3) is 0 Å². The number of amides is 1. The van der Waals surface area contributed by atoms with Crippen LogP contribution < -0.4 is 10.2 Å². The first-order valence-electron chi connectivity index (χ1n) is 10.4. The molecule has 1 amide bonds. The molecule has 1 N–H and O–H groups in total. The first-order chi connectivity index (χ1) is 13.9. The second kappa shape index (κ2) is 7.97. The Morgan fingerprint density at radius 1 is 1.24 bits per heavy atom. The molecule has 3 aliphatic heterocycles. The number of carbonyl (C=O) groups excluding carboxylic acids is 1. The molecule has 0 radical (unpaired) electrons. The van der Waals surface area contributed by atoms with Crippen LogP contribution in [-0.2, 0) is 11.3 Å². The fourth-order valence-electron chi connectivity index (χ4n) is 3.96. The number of nitrogens with one attached hydrogen (secondary N) is 1. The maximum atomic E-state index is 12.4. The Morgan fingerprint density at radius 3 is 2.79 bits per heavy atom. The van der Waals surface area contributed by atoms with Gasteiger partial charge in [-0.25, -0.2) is 4.79 Å². The summed E-state index contributed by atoms with van der Waals surface area (Å²) in [6, 6.07) is 8.89. The SMILES string of the molecule is CC(C)(C)OC(=O)N1CCN2C(NCc3cccc(N4CC=CC4)c3)=NCC2C1. The summed E-state index contributed by atoms with van der Waals surface area (Å²) in [5.41, 5.74) is 2.03. The van der Waals surface area contributed by atoms with Gasteiger partial charge in [-0.15, -0.1) is 0 Å². The molecule has 4 rings (SSSR count). The van der Waals surface area contributed by atoms with Gasteiger partial charge in [0.2, 0.25) is 0 Å². The minimum Gasteiger partial charge on any atom is -0.444 e. The molecule has 3 heterocycles. The largest absolute Gasteiger partial charge is 0.444 e. The van der Waals surface area contributed by atoms with E-state index in [1.165, 1.54) is 11.3 Å². The number of guanidine groups is 1. The lowest BCUT2D eigenvalue weighted by Crippen LogP contribution is -2.57. The third kappa shape index (κ3) is 4.66. The Balaban J connectivity index is 1.30. The maximum Gasteiger partial charge on any atom is 0.410 e. The molecule has 1 atom stereocenters. The van der Waals surface area contributed by atoms with Crippen LogP contribution in [-0.4, -0.2) is 72.8 Å². The van der Waals surface area contributed by atoms with E-state index in [-0.39, 0.29) is 12.1 Å². The minimum absolute atomic E-state index is 0.223. The monoisotopic (exact) mass is 397 g/mol. The average molecular weight is 398 g/mol. The zero-order chi connectivity index (χ0) is 20.4. The van der Waals surface area contributed by atoms with E-state index in [0.717, 1.165) is 32.1 Å². The molecule has 0 aliphatic carbocycles. The Labute approximate surface area is 173 Å². The van der Waals surface area contributed by atoms with E-state index in [9.17, 15) is 4.79 Å². The van der Waals surface area contributed by atoms with Crippen LogP contribution in [0.5, 0.6) is 0 Å². The van der Waals surface area contributed by atoms with Crippen molar-refractivity contribution in [3.8, 4) is 0 Å². The topological polar surface area (TPSA) is 60.4 Å². The van der Waals surface area contributed by atoms with Gasteiger partial charge in [-0.2, -0.15) is 0 Å². The van der Waals surface area contributed by atoms with Crippen molar-refractivity contribution in [2.45, 2.75) is 39.0 Å². The highest BCUT2D eigenvalue weighted by Crippen LogP contribution is 2.20. The number of benzene rings is 1. The predicted octanol–water partition coefficient (Wildman–Crippen LogP) is 2.44. The van der Waals surface area contributed by atoms with Gasteiger partial charge in [-0.1, -0.05) is 24.3 Å². The van der Waals surface area contributed by atoms with Crippen LogP contribution in [0.15, 0.2) is 41.4 Å². The fraction of sp³-hybridized carbons (Fsp3) is 0.545. The highest BCUT2D eigenvalue weighted by Gasteiger charge is 2.36. The maximum absolute atomic E-state index is 12.4. The third-order valence-electron chi connectivity index (χ3n) is 5.40. The molecule has 156 valence electrons. The summed E-state index contributed by atoms with van der Waals surface area (Å²) >= 11 is 0. The summed E-state index contributed by atoms with van der Waals surface area (Å²) in [6.45, 7) is 11.2. The van der Waals surface area contributed by atoms with Gasteiger partial charge in [0.1, 0.15) is 5.60 Å². The van der Waals surface area contributed by atoms with Gasteiger partial charge in [0, 0.05) is 45.0 Å². The van der Waals surface area contributed by atoms with Crippen LogP contribution in [0.25, 0.3) is 0 Å². The van der Waals surface area contributed by atoms with Gasteiger partial charge < -0.3 is 24.8 Å². The first kappa shape index (κ1) is 19.6. The van der Waals surface area contributed by atoms with E-state index < -0.39 is 5.60 Å². The smallest absolute Gasteiger partial charge is 0.410 e. The van der Waals surface area contributed by atoms with Crippen molar-refractivity contribution in [3.05, 3.63) is 42.0 Å². The van der Waals surface area contributed by atoms with E-state index >= 15 is 0 Å². The number of fused-ring (bicyclic) bond motifs is 1. The lowest BCUT2D eigenvalue weighted by atomic mass is 10.2. The zero-order valence-corrected chi connectivity index (χ0v) is 17.6. The zero-order valence-electron chi connectivity index (χ0n) is 17.6. The predicted molar refractivity (Wildman–Crippen MR) is 115 cm³/mol. The summed E-state index contributed by atoms with van der Waals surface area (Å²) in [5, 5.41) is 3.50. The van der Waals surface area contributed by atoms with Gasteiger partial charge >= 0.3 is 6.09 Å². The van der Waals surface area contributed by atoms with Gasteiger partial charge in [0.15, 0.2) is 5.96 Å². The molecule has 0 aromatic heterocycles. The first-order valence-corrected chi connectivity index (χ1v) is 10.4. The normalized spacial score (nSPS) is 21.3. The summed E-state index contributed by atoms with van der Waals surface area (Å²) in [6.07, 6.45) is 4.18. The number of anilines is 1. The highest BCUT2D eigenvalue weighted by atomic mass is 16.6. The highest BCUT2D eigenvalue weighted by molar-refractivity contribution is 5.82. The van der Waals surface area contributed by atoms with Gasteiger partial charge in [0.05, 0.1) is 12.6 Å². The van der Waals surface area contributed by atoms with Crippen LogP contribution in [0.4, 0.5) is 10.5 Å². The lowest BCUT2D eigenvalue weighted by molar-refractivity contribution is 0.0137. The third-order valence-corrected chi connectivity index (χ3v) is 5.40. The Hall–Kier alpha value is -2.70. The molecule has 1 unspecified atom stereocenters. The van der Waals surface area contributed by atoms with Crippen LogP contribution >= 0.6 is 0 Å². The van der Waals surface area contributed by atoms with Crippen molar-refractivity contribution in [3.63, 3.8) is 0 Å². The fourth-order valence-corrected chi connectivity index (χ4v) is 3.96. The van der Waals surface area contributed by atoms with Crippen molar-refractivity contribution in [2.75, 3.05) is 44.2 Å². The molecule has 0 bridgehead atoms. The van der Waals surface area contributed by atoms with Gasteiger partial charge in [-0.3, -0.25) is 4.99 Å². The number of piperazine rings is 1. The summed E-state index contributed by atoms with van der Waals surface area (Å²) in [5.74, 6) is 0.937. The molecule has 3 aliphatic rings. The van der Waals surface area contributed by atoms with Crippen molar-refractivity contribution in [1.82, 2.24) is 15.1 Å². The Bertz CT molecular complexity index is 806. The Kier molecular flexibility index (Phi) is 5.39. The van der Waals surface area contributed by atoms with Crippen LogP contribution in [0.3, 0.4) is 0 Å². The standard InChI is InChI=1S/C22H31N5O2/c1-22(2,3)29-21(28)26-11-12-27-19(16-26)15-24-20(27)23-14-17-7-6-8-18(13-17)25-9-4-5-10-25/h4-8,13,19H,9-12,14-16H2,1-3H3,(H,23,24). The molecule has 1 aromatic carbocycles. The molecule has 7 heteroatoms. The summed E-state index contributed by atoms with van der Waals surface area (Å²) in [4.78, 5) is 23.5. The average Bonchev–Trinajstić information content (AvgIpc) is 3.35. The summed E-state index contributed by atoms with van der Waals surface area (Å²) < 4.78 is 5.52. The molecule has 1 fully saturated rings. The second-order valence-corrected chi connectivity index (χ2v) is 8.84. The molecular formula is C22H31N5O2. The number of aliphatic imine (C=N–C) groups is 1. The number of hydrogen-bond acceptors (Lipinski definition) is 6. The van der Waals surface area contributed by atoms with E-state index in [1.54, 1.807) is 4.90 Å². The minimum atomic E-state index is -0.465. The summed E-state index contributed by atoms with van der Waals surface area (Å²) in [7, 11) is 0. The van der Waals surface area contributed by atoms with Crippen molar-refractivity contribution in [2.24, 2.45) is 4.99 Å². The second-order valence-electron chi connectivity index (χ2n) is 8.84. The number of carbonyl (C=O) groups is 1. The number of nitrogens with zero attached hydrogens (tertiary/aromatic N) is 4. The molecular weight excluding hydrogens is 366 g/mol. The number of rotatable bonds is 3. The van der Waals surface area contributed by atoms with Crippen LogP contribution in [0.1, 0.15) is 26.3 Å². The lowest BCUT2D eigenvalue weighted by Gasteiger charge is -2.39. The molecule has 29 heavy (non-hydrogen) atoms. The molecule has 1 saturated heterocycles. The van der Waals surface area contributed by atoms with Crippen molar-refractivity contribution < 1.29 is 9.53 Å². The molecule has 0 spiro atoms. The molecule has 0 saturated carbocycles.